The number of hydrogen-bond donors (Lipinski definition) is 1. The van der Waals surface area contributed by atoms with Crippen LogP contribution in [-0.4, -0.2) is 15.7 Å². The van der Waals surface area contributed by atoms with Crippen LogP contribution in [0.25, 0.3) is 0 Å². The summed E-state index contributed by atoms with van der Waals surface area (Å²) >= 11 is 6.27. The first-order valence-corrected chi connectivity index (χ1v) is 6.53. The molecule has 1 atom stereocenters. The summed E-state index contributed by atoms with van der Waals surface area (Å²) in [4.78, 5) is 11.9. The molecule has 0 saturated heterocycles. The quantitative estimate of drug-likeness (QED) is 0.870. The molecule has 3 rings (SSSR count). The van der Waals surface area contributed by atoms with Gasteiger partial charge in [-0.3, -0.25) is 9.48 Å². The van der Waals surface area contributed by atoms with Crippen LogP contribution >= 0.6 is 11.6 Å². The van der Waals surface area contributed by atoms with Gasteiger partial charge in [0, 0.05) is 30.0 Å². The molecule has 0 radical (unpaired) electrons. The van der Waals surface area contributed by atoms with E-state index in [-0.39, 0.29) is 11.8 Å². The number of amides is 1. The number of anilines is 1. The molecule has 2 aromatic rings. The van der Waals surface area contributed by atoms with Gasteiger partial charge in [0.1, 0.15) is 5.82 Å². The van der Waals surface area contributed by atoms with Gasteiger partial charge in [-0.2, -0.15) is 5.10 Å². The molecule has 0 saturated carbocycles. The van der Waals surface area contributed by atoms with Crippen LogP contribution in [0.5, 0.6) is 0 Å². The highest BCUT2D eigenvalue weighted by Gasteiger charge is 2.32. The van der Waals surface area contributed by atoms with Crippen LogP contribution in [0.1, 0.15) is 29.2 Å². The summed E-state index contributed by atoms with van der Waals surface area (Å²) in [6.07, 6.45) is 0.406. The Bertz CT molecular complexity index is 663. The van der Waals surface area contributed by atoms with E-state index in [4.69, 9.17) is 11.6 Å². The molecule has 1 aliphatic rings. The smallest absolute Gasteiger partial charge is 0.226 e. The Labute approximate surface area is 116 Å². The highest BCUT2D eigenvalue weighted by Crippen LogP contribution is 2.40. The average molecular weight is 276 g/mol. The molecule has 1 N–H and O–H groups in total. The fourth-order valence-corrected chi connectivity index (χ4v) is 3.00. The molecule has 1 aromatic carbocycles. The second-order valence-electron chi connectivity index (χ2n) is 4.80. The van der Waals surface area contributed by atoms with Gasteiger partial charge in [-0.05, 0) is 18.6 Å². The Hall–Kier alpha value is -1.81. The van der Waals surface area contributed by atoms with Gasteiger partial charge in [0.25, 0.3) is 0 Å². The number of nitrogens with one attached hydrogen (secondary N) is 1. The minimum Gasteiger partial charge on any atom is -0.311 e. The SMILES string of the molecule is Cc1nn(C)c2c1[C@H](c1ccccc1Cl)CC(=O)N2. The number of halogens is 1. The number of carbonyl (C=O) groups excluding carboxylic acids is 1. The van der Waals surface area contributed by atoms with Gasteiger partial charge in [-0.15, -0.1) is 0 Å². The van der Waals surface area contributed by atoms with E-state index in [1.165, 1.54) is 0 Å². The summed E-state index contributed by atoms with van der Waals surface area (Å²) in [7, 11) is 1.83. The summed E-state index contributed by atoms with van der Waals surface area (Å²) in [6.45, 7) is 1.96. The van der Waals surface area contributed by atoms with Crippen LogP contribution in [-0.2, 0) is 11.8 Å². The van der Waals surface area contributed by atoms with Crippen LogP contribution in [0.3, 0.4) is 0 Å². The fourth-order valence-electron chi connectivity index (χ4n) is 2.73. The Morgan fingerprint density at radius 1 is 1.42 bits per heavy atom. The Morgan fingerprint density at radius 3 is 2.89 bits per heavy atom. The molecule has 0 bridgehead atoms. The van der Waals surface area contributed by atoms with Gasteiger partial charge in [0.05, 0.1) is 5.69 Å². The van der Waals surface area contributed by atoms with E-state index in [0.29, 0.717) is 11.4 Å². The van der Waals surface area contributed by atoms with E-state index in [9.17, 15) is 4.79 Å². The Morgan fingerprint density at radius 2 is 2.16 bits per heavy atom. The zero-order valence-electron chi connectivity index (χ0n) is 10.8. The van der Waals surface area contributed by atoms with E-state index in [1.807, 2.05) is 38.2 Å². The van der Waals surface area contributed by atoms with Crippen molar-refractivity contribution in [2.45, 2.75) is 19.3 Å². The third kappa shape index (κ3) is 1.92. The lowest BCUT2D eigenvalue weighted by Gasteiger charge is -2.24. The van der Waals surface area contributed by atoms with Crippen molar-refractivity contribution in [1.29, 1.82) is 0 Å². The first-order valence-electron chi connectivity index (χ1n) is 6.15. The van der Waals surface area contributed by atoms with E-state index >= 15 is 0 Å². The maximum atomic E-state index is 11.9. The molecular formula is C14H14ClN3O. The first-order chi connectivity index (χ1) is 9.08. The summed E-state index contributed by atoms with van der Waals surface area (Å²) in [6, 6.07) is 7.67. The van der Waals surface area contributed by atoms with Crippen molar-refractivity contribution in [2.24, 2.45) is 7.05 Å². The highest BCUT2D eigenvalue weighted by atomic mass is 35.5. The third-order valence-corrected chi connectivity index (χ3v) is 3.89. The van der Waals surface area contributed by atoms with Crippen molar-refractivity contribution in [3.8, 4) is 0 Å². The molecular weight excluding hydrogens is 262 g/mol. The highest BCUT2D eigenvalue weighted by molar-refractivity contribution is 6.31. The number of fused-ring (bicyclic) bond motifs is 1. The maximum Gasteiger partial charge on any atom is 0.226 e. The minimum absolute atomic E-state index is 0.000389. The standard InChI is InChI=1S/C14H14ClN3O/c1-8-13-10(9-5-3-4-6-11(9)15)7-12(19)16-14(13)18(2)17-8/h3-6,10H,7H2,1-2H3,(H,16,19)/t10-/m0/s1. The number of hydrogen-bond acceptors (Lipinski definition) is 2. The molecule has 4 nitrogen and oxygen atoms in total. The molecule has 0 spiro atoms. The van der Waals surface area contributed by atoms with Gasteiger partial charge < -0.3 is 5.32 Å². The van der Waals surface area contributed by atoms with Crippen molar-refractivity contribution in [1.82, 2.24) is 9.78 Å². The fraction of sp³-hybridized carbons (Fsp3) is 0.286. The minimum atomic E-state index is -0.0221. The topological polar surface area (TPSA) is 46.9 Å². The van der Waals surface area contributed by atoms with E-state index in [2.05, 4.69) is 10.4 Å². The number of benzene rings is 1. The first kappa shape index (κ1) is 12.2. The summed E-state index contributed by atoms with van der Waals surface area (Å²) in [5.74, 6) is 0.755. The molecule has 1 aromatic heterocycles. The number of rotatable bonds is 1. The monoisotopic (exact) mass is 275 g/mol. The average Bonchev–Trinajstić information content (AvgIpc) is 2.65. The van der Waals surface area contributed by atoms with Crippen LogP contribution in [0.4, 0.5) is 5.82 Å². The summed E-state index contributed by atoms with van der Waals surface area (Å²) in [5, 5.41) is 7.97. The van der Waals surface area contributed by atoms with Gasteiger partial charge in [-0.25, -0.2) is 0 Å². The lowest BCUT2D eigenvalue weighted by Crippen LogP contribution is -2.24. The number of aromatic nitrogens is 2. The second kappa shape index (κ2) is 4.38. The van der Waals surface area contributed by atoms with Gasteiger partial charge in [0.15, 0.2) is 0 Å². The second-order valence-corrected chi connectivity index (χ2v) is 5.20. The van der Waals surface area contributed by atoms with Crippen LogP contribution in [0.15, 0.2) is 24.3 Å². The Balaban J connectivity index is 2.19. The predicted octanol–water partition coefficient (Wildman–Crippen LogP) is 2.86. The van der Waals surface area contributed by atoms with Crippen LogP contribution in [0, 0.1) is 6.92 Å². The molecule has 1 amide bonds. The molecule has 98 valence electrons. The molecule has 2 heterocycles. The van der Waals surface area contributed by atoms with Crippen molar-refractivity contribution >= 4 is 23.3 Å². The lowest BCUT2D eigenvalue weighted by molar-refractivity contribution is -0.116. The van der Waals surface area contributed by atoms with E-state index in [0.717, 1.165) is 22.6 Å². The van der Waals surface area contributed by atoms with Gasteiger partial charge in [0.2, 0.25) is 5.91 Å². The third-order valence-electron chi connectivity index (χ3n) is 3.54. The zero-order chi connectivity index (χ0) is 13.6. The Kier molecular flexibility index (Phi) is 2.82. The number of carbonyl (C=O) groups is 1. The number of aryl methyl sites for hydroxylation is 2. The molecule has 0 aliphatic carbocycles. The van der Waals surface area contributed by atoms with Crippen LogP contribution in [0.2, 0.25) is 5.02 Å². The molecule has 0 fully saturated rings. The van der Waals surface area contributed by atoms with Crippen LogP contribution < -0.4 is 5.32 Å². The molecule has 1 aliphatic heterocycles. The zero-order valence-corrected chi connectivity index (χ0v) is 11.5. The van der Waals surface area contributed by atoms with Gasteiger partial charge in [-0.1, -0.05) is 29.8 Å². The lowest BCUT2D eigenvalue weighted by atomic mass is 9.86. The van der Waals surface area contributed by atoms with Crippen molar-refractivity contribution in [2.75, 3.05) is 5.32 Å². The van der Waals surface area contributed by atoms with E-state index < -0.39 is 0 Å². The summed E-state index contributed by atoms with van der Waals surface area (Å²) < 4.78 is 1.71. The predicted molar refractivity (Wildman–Crippen MR) is 74.5 cm³/mol. The normalized spacial score (nSPS) is 18.1. The summed E-state index contributed by atoms with van der Waals surface area (Å²) in [5.41, 5.74) is 2.98. The molecule has 0 unspecified atom stereocenters. The molecule has 5 heteroatoms. The maximum absolute atomic E-state index is 11.9. The van der Waals surface area contributed by atoms with Crippen molar-refractivity contribution in [3.63, 3.8) is 0 Å². The van der Waals surface area contributed by atoms with Crippen molar-refractivity contribution in [3.05, 3.63) is 46.1 Å². The largest absolute Gasteiger partial charge is 0.311 e. The number of nitrogens with zero attached hydrogens (tertiary/aromatic N) is 2. The van der Waals surface area contributed by atoms with Crippen molar-refractivity contribution < 1.29 is 4.79 Å². The van der Waals surface area contributed by atoms with Gasteiger partial charge >= 0.3 is 0 Å². The molecule has 19 heavy (non-hydrogen) atoms. The van der Waals surface area contributed by atoms with E-state index in [1.54, 1.807) is 4.68 Å².